The van der Waals surface area contributed by atoms with E-state index in [4.69, 9.17) is 15.2 Å². The molecule has 3 heterocycles. The minimum Gasteiger partial charge on any atom is -0.465 e. The molecule has 0 saturated carbocycles. The predicted octanol–water partition coefficient (Wildman–Crippen LogP) is 3.15. The minimum atomic E-state index is -4.70. The fourth-order valence-corrected chi connectivity index (χ4v) is 3.99. The topological polar surface area (TPSA) is 98.8 Å². The largest absolute Gasteiger partial charge is 0.465 e. The van der Waals surface area contributed by atoms with E-state index in [1.165, 1.54) is 12.1 Å². The van der Waals surface area contributed by atoms with Gasteiger partial charge in [-0.25, -0.2) is 9.38 Å². The van der Waals surface area contributed by atoms with Crippen LogP contribution in [0.1, 0.15) is 28.5 Å². The van der Waals surface area contributed by atoms with Gasteiger partial charge in [0.1, 0.15) is 17.1 Å². The van der Waals surface area contributed by atoms with Crippen LogP contribution in [-0.2, 0) is 21.4 Å². The average Bonchev–Trinajstić information content (AvgIpc) is 3.15. The number of aromatic nitrogens is 1. The summed E-state index contributed by atoms with van der Waals surface area (Å²) in [4.78, 5) is 20.7. The van der Waals surface area contributed by atoms with E-state index in [0.29, 0.717) is 0 Å². The van der Waals surface area contributed by atoms with Crippen molar-refractivity contribution in [2.24, 2.45) is 16.6 Å². The Morgan fingerprint density at radius 1 is 1.31 bits per heavy atom. The van der Waals surface area contributed by atoms with E-state index in [1.54, 1.807) is 18.3 Å². The first-order valence-corrected chi connectivity index (χ1v) is 9.87. The second-order valence-electron chi connectivity index (χ2n) is 7.62. The first kappa shape index (κ1) is 22.0. The number of ether oxygens (including phenoxy) is 2. The molecule has 3 N–H and O–H groups in total. The van der Waals surface area contributed by atoms with Gasteiger partial charge in [0.2, 0.25) is 0 Å². The van der Waals surface area contributed by atoms with E-state index in [1.807, 2.05) is 6.92 Å². The Hall–Kier alpha value is -3.21. The lowest BCUT2D eigenvalue weighted by molar-refractivity contribution is -0.219. The van der Waals surface area contributed by atoms with Gasteiger partial charge in [-0.1, -0.05) is 13.0 Å². The number of alkyl halides is 3. The summed E-state index contributed by atoms with van der Waals surface area (Å²) in [6, 6.07) is 6.54. The molecule has 0 spiro atoms. The van der Waals surface area contributed by atoms with E-state index < -0.39 is 48.7 Å². The SMILES string of the molecule is CCc1ccc(C(=O)Nc2ccc(F)c(C34COC(C(F)(F)F)C3COC(N)=N4)c2)nc1. The van der Waals surface area contributed by atoms with Crippen LogP contribution in [0.5, 0.6) is 0 Å². The maximum atomic E-state index is 14.9. The van der Waals surface area contributed by atoms with Gasteiger partial charge >= 0.3 is 6.18 Å². The number of benzene rings is 1. The number of carbonyl (C=O) groups excluding carboxylic acids is 1. The Labute approximate surface area is 180 Å². The molecule has 11 heteroatoms. The summed E-state index contributed by atoms with van der Waals surface area (Å²) in [5, 5.41) is 2.59. The number of anilines is 1. The summed E-state index contributed by atoms with van der Waals surface area (Å²) in [6.45, 7) is 0.967. The maximum Gasteiger partial charge on any atom is 0.415 e. The maximum absolute atomic E-state index is 14.9. The fraction of sp³-hybridized carbons (Fsp3) is 0.381. The zero-order valence-corrected chi connectivity index (χ0v) is 16.9. The van der Waals surface area contributed by atoms with Crippen molar-refractivity contribution in [1.82, 2.24) is 4.98 Å². The third kappa shape index (κ3) is 3.88. The fourth-order valence-electron chi connectivity index (χ4n) is 3.99. The Morgan fingerprint density at radius 3 is 2.75 bits per heavy atom. The minimum absolute atomic E-state index is 0.138. The molecule has 2 aliphatic heterocycles. The van der Waals surface area contributed by atoms with Gasteiger partial charge in [-0.3, -0.25) is 9.78 Å². The molecule has 4 rings (SSSR count). The molecule has 0 aliphatic carbocycles. The number of amidine groups is 1. The smallest absolute Gasteiger partial charge is 0.415 e. The summed E-state index contributed by atoms with van der Waals surface area (Å²) >= 11 is 0. The zero-order chi connectivity index (χ0) is 23.1. The van der Waals surface area contributed by atoms with Crippen LogP contribution in [0.3, 0.4) is 0 Å². The molecule has 2 aliphatic rings. The van der Waals surface area contributed by atoms with Crippen molar-refractivity contribution in [3.63, 3.8) is 0 Å². The Bertz CT molecular complexity index is 1060. The normalized spacial score (nSPS) is 25.0. The highest BCUT2D eigenvalue weighted by atomic mass is 19.4. The molecule has 170 valence electrons. The monoisotopic (exact) mass is 452 g/mol. The molecule has 0 bridgehead atoms. The number of halogens is 4. The van der Waals surface area contributed by atoms with Gasteiger partial charge in [0.05, 0.1) is 19.1 Å². The molecular formula is C21H20F4N4O3. The molecule has 3 unspecified atom stereocenters. The number of amides is 1. The lowest BCUT2D eigenvalue weighted by Crippen LogP contribution is -2.48. The number of nitrogens with zero attached hydrogens (tertiary/aromatic N) is 2. The molecular weight excluding hydrogens is 432 g/mol. The van der Waals surface area contributed by atoms with E-state index in [2.05, 4.69) is 15.3 Å². The van der Waals surface area contributed by atoms with Gasteiger partial charge in [0, 0.05) is 17.4 Å². The van der Waals surface area contributed by atoms with Crippen LogP contribution < -0.4 is 11.1 Å². The van der Waals surface area contributed by atoms with Gasteiger partial charge in [0.15, 0.2) is 6.10 Å². The second kappa shape index (κ2) is 8.05. The summed E-state index contributed by atoms with van der Waals surface area (Å²) in [5.41, 5.74) is 4.96. The number of pyridine rings is 1. The van der Waals surface area contributed by atoms with Crippen LogP contribution in [0.15, 0.2) is 41.5 Å². The number of aliphatic imine (C=N–C) groups is 1. The molecule has 1 saturated heterocycles. The number of hydrogen-bond acceptors (Lipinski definition) is 6. The van der Waals surface area contributed by atoms with Crippen molar-refractivity contribution in [3.8, 4) is 0 Å². The first-order valence-electron chi connectivity index (χ1n) is 9.87. The van der Waals surface area contributed by atoms with Crippen LogP contribution in [-0.4, -0.2) is 42.4 Å². The Balaban J connectivity index is 1.68. The van der Waals surface area contributed by atoms with E-state index in [9.17, 15) is 22.4 Å². The van der Waals surface area contributed by atoms with Gasteiger partial charge in [-0.15, -0.1) is 0 Å². The Kier molecular flexibility index (Phi) is 5.53. The van der Waals surface area contributed by atoms with Gasteiger partial charge in [-0.05, 0) is 36.2 Å². The van der Waals surface area contributed by atoms with Crippen LogP contribution >= 0.6 is 0 Å². The highest BCUT2D eigenvalue weighted by Crippen LogP contribution is 2.50. The Morgan fingerprint density at radius 2 is 2.09 bits per heavy atom. The molecule has 1 amide bonds. The number of nitrogens with one attached hydrogen (secondary N) is 1. The van der Waals surface area contributed by atoms with Gasteiger partial charge in [-0.2, -0.15) is 13.2 Å². The summed E-state index contributed by atoms with van der Waals surface area (Å²) in [6.07, 6.45) is -4.57. The first-order chi connectivity index (χ1) is 15.1. The molecule has 2 aromatic rings. The van der Waals surface area contributed by atoms with Crippen molar-refractivity contribution >= 4 is 17.6 Å². The molecule has 1 aromatic carbocycles. The predicted molar refractivity (Wildman–Crippen MR) is 107 cm³/mol. The third-order valence-corrected chi connectivity index (χ3v) is 5.66. The third-order valence-electron chi connectivity index (χ3n) is 5.66. The average molecular weight is 452 g/mol. The second-order valence-corrected chi connectivity index (χ2v) is 7.62. The van der Waals surface area contributed by atoms with Crippen molar-refractivity contribution < 1.29 is 31.8 Å². The number of rotatable bonds is 4. The number of nitrogens with two attached hydrogens (primary N) is 1. The molecule has 0 radical (unpaired) electrons. The zero-order valence-electron chi connectivity index (χ0n) is 16.9. The van der Waals surface area contributed by atoms with Gasteiger partial charge < -0.3 is 20.5 Å². The van der Waals surface area contributed by atoms with E-state index in [-0.39, 0.29) is 23.0 Å². The van der Waals surface area contributed by atoms with Gasteiger partial charge in [0.25, 0.3) is 11.9 Å². The number of fused-ring (bicyclic) bond motifs is 1. The molecule has 1 aromatic heterocycles. The number of aryl methyl sites for hydroxylation is 1. The van der Waals surface area contributed by atoms with Crippen LogP contribution in [0.25, 0.3) is 0 Å². The van der Waals surface area contributed by atoms with Crippen molar-refractivity contribution in [2.75, 3.05) is 18.5 Å². The lowest BCUT2D eigenvalue weighted by atomic mass is 9.77. The van der Waals surface area contributed by atoms with Crippen molar-refractivity contribution in [1.29, 1.82) is 0 Å². The molecule has 32 heavy (non-hydrogen) atoms. The van der Waals surface area contributed by atoms with Crippen molar-refractivity contribution in [2.45, 2.75) is 31.2 Å². The van der Waals surface area contributed by atoms with Crippen LogP contribution in [0.4, 0.5) is 23.2 Å². The molecule has 3 atom stereocenters. The summed E-state index contributed by atoms with van der Waals surface area (Å²) in [7, 11) is 0. The highest BCUT2D eigenvalue weighted by molar-refractivity contribution is 6.02. The van der Waals surface area contributed by atoms with Crippen molar-refractivity contribution in [3.05, 3.63) is 59.2 Å². The summed E-state index contributed by atoms with van der Waals surface area (Å²) < 4.78 is 65.4. The summed E-state index contributed by atoms with van der Waals surface area (Å²) in [5.74, 6) is -2.70. The lowest BCUT2D eigenvalue weighted by Gasteiger charge is -2.36. The highest BCUT2D eigenvalue weighted by Gasteiger charge is 2.62. The number of carbonyl (C=O) groups is 1. The number of hydrogen-bond donors (Lipinski definition) is 2. The molecule has 1 fully saturated rings. The quantitative estimate of drug-likeness (QED) is 0.695. The van der Waals surface area contributed by atoms with Crippen LogP contribution in [0.2, 0.25) is 0 Å². The van der Waals surface area contributed by atoms with Crippen LogP contribution in [0, 0.1) is 11.7 Å². The standard InChI is InChI=1S/C21H20F4N4O3/c1-2-11-3-6-16(27-8-11)18(30)28-12-4-5-15(22)13(7-12)20-10-32-17(21(23,24)25)14(20)9-31-19(26)29-20/h3-8,14,17H,2,9-10H2,1H3,(H2,26,29)(H,28,30). The van der Waals surface area contributed by atoms with E-state index in [0.717, 1.165) is 18.1 Å². The van der Waals surface area contributed by atoms with E-state index >= 15 is 0 Å². The molecule has 7 nitrogen and oxygen atoms in total.